The van der Waals surface area contributed by atoms with Crippen LogP contribution in [0.25, 0.3) is 21.9 Å². The Bertz CT molecular complexity index is 1340. The van der Waals surface area contributed by atoms with Crippen molar-refractivity contribution in [2.75, 3.05) is 11.9 Å². The van der Waals surface area contributed by atoms with Crippen molar-refractivity contribution in [1.29, 1.82) is 0 Å². The van der Waals surface area contributed by atoms with Crippen LogP contribution in [0.4, 0.5) is 5.13 Å². The molecule has 0 spiro atoms. The molecule has 0 fully saturated rings. The van der Waals surface area contributed by atoms with Crippen LogP contribution in [-0.2, 0) is 16.6 Å². The van der Waals surface area contributed by atoms with Crippen LogP contribution >= 0.6 is 11.3 Å². The molecule has 156 valence electrons. The van der Waals surface area contributed by atoms with Crippen molar-refractivity contribution in [3.05, 3.63) is 75.7 Å². The second-order valence-electron chi connectivity index (χ2n) is 6.75. The van der Waals surface area contributed by atoms with Gasteiger partial charge in [0.2, 0.25) is 5.13 Å². The fraction of sp³-hybridized carbons (Fsp3) is 0.136. The molecular formula is C22H18N4O4S. The minimum atomic E-state index is -0.771. The average molecular weight is 434 g/mol. The van der Waals surface area contributed by atoms with Gasteiger partial charge in [0.05, 0.1) is 0 Å². The van der Waals surface area contributed by atoms with E-state index < -0.39 is 18.5 Å². The van der Waals surface area contributed by atoms with E-state index in [4.69, 9.17) is 4.74 Å². The molecule has 0 saturated heterocycles. The van der Waals surface area contributed by atoms with Crippen molar-refractivity contribution in [3.63, 3.8) is 0 Å². The first-order valence-electron chi connectivity index (χ1n) is 9.40. The largest absolute Gasteiger partial charge is 0.451 e. The fourth-order valence-corrected chi connectivity index (χ4v) is 3.91. The number of anilines is 1. The van der Waals surface area contributed by atoms with Crippen LogP contribution in [0.5, 0.6) is 0 Å². The van der Waals surface area contributed by atoms with Gasteiger partial charge in [-0.2, -0.15) is 0 Å². The van der Waals surface area contributed by atoms with Gasteiger partial charge in [-0.3, -0.25) is 14.9 Å². The normalized spacial score (nSPS) is 10.8. The summed E-state index contributed by atoms with van der Waals surface area (Å²) in [5, 5.41) is 12.3. The van der Waals surface area contributed by atoms with Gasteiger partial charge in [0.25, 0.3) is 11.5 Å². The number of hydrogen-bond acceptors (Lipinski definition) is 7. The third-order valence-electron chi connectivity index (χ3n) is 4.67. The van der Waals surface area contributed by atoms with E-state index in [1.807, 2.05) is 30.3 Å². The maximum Gasteiger partial charge on any atom is 0.356 e. The first kappa shape index (κ1) is 20.4. The van der Waals surface area contributed by atoms with Crippen molar-refractivity contribution in [2.24, 2.45) is 7.05 Å². The van der Waals surface area contributed by atoms with Crippen molar-refractivity contribution in [3.8, 4) is 11.1 Å². The number of carbonyl (C=O) groups excluding carboxylic acids is 2. The molecule has 0 saturated carbocycles. The van der Waals surface area contributed by atoms with E-state index in [0.717, 1.165) is 5.56 Å². The Labute approximate surface area is 181 Å². The van der Waals surface area contributed by atoms with Crippen LogP contribution < -0.4 is 10.9 Å². The molecule has 4 rings (SSSR count). The van der Waals surface area contributed by atoms with Gasteiger partial charge in [0, 0.05) is 18.0 Å². The number of esters is 1. The number of nitrogens with one attached hydrogen (secondary N) is 1. The highest BCUT2D eigenvalue weighted by atomic mass is 32.1. The fourth-order valence-electron chi connectivity index (χ4n) is 3.30. The van der Waals surface area contributed by atoms with Crippen molar-refractivity contribution in [2.45, 2.75) is 6.92 Å². The van der Waals surface area contributed by atoms with E-state index in [9.17, 15) is 14.4 Å². The molecule has 0 aliphatic carbocycles. The number of ether oxygens (including phenoxy) is 1. The summed E-state index contributed by atoms with van der Waals surface area (Å²) in [6.07, 6.45) is 0. The van der Waals surface area contributed by atoms with Crippen molar-refractivity contribution >= 4 is 39.1 Å². The molecule has 4 aromatic rings. The summed E-state index contributed by atoms with van der Waals surface area (Å²) in [7, 11) is 1.52. The number of aryl methyl sites for hydroxylation is 1. The Hall–Kier alpha value is -3.85. The standard InChI is InChI=1S/C22H18N4O4S/c1-13-24-25-22(31-13)23-17(27)12-30-21(29)19-18(14-8-4-3-5-9-14)15-10-6-7-11-16(15)20(28)26(19)2/h3-11H,12H2,1-2H3,(H,23,25,27). The van der Waals surface area contributed by atoms with Crippen molar-refractivity contribution < 1.29 is 14.3 Å². The summed E-state index contributed by atoms with van der Waals surface area (Å²) in [5.41, 5.74) is 1.09. The quantitative estimate of drug-likeness (QED) is 0.484. The Balaban J connectivity index is 1.71. The molecule has 0 unspecified atom stereocenters. The van der Waals surface area contributed by atoms with Gasteiger partial charge >= 0.3 is 5.97 Å². The monoisotopic (exact) mass is 434 g/mol. The van der Waals surface area contributed by atoms with E-state index in [1.165, 1.54) is 23.0 Å². The molecule has 2 aromatic carbocycles. The summed E-state index contributed by atoms with van der Waals surface area (Å²) in [6, 6.07) is 16.4. The first-order valence-corrected chi connectivity index (χ1v) is 10.2. The molecule has 8 nitrogen and oxygen atoms in total. The highest BCUT2D eigenvalue weighted by Gasteiger charge is 2.23. The minimum absolute atomic E-state index is 0.0782. The van der Waals surface area contributed by atoms with Gasteiger partial charge in [-0.15, -0.1) is 10.2 Å². The highest BCUT2D eigenvalue weighted by molar-refractivity contribution is 7.15. The topological polar surface area (TPSA) is 103 Å². The van der Waals surface area contributed by atoms with Crippen LogP contribution in [0, 0.1) is 6.92 Å². The number of rotatable bonds is 5. The number of carbonyl (C=O) groups is 2. The summed E-state index contributed by atoms with van der Waals surface area (Å²) in [6.45, 7) is 1.24. The Morgan fingerprint density at radius 3 is 2.39 bits per heavy atom. The van der Waals surface area contributed by atoms with Gasteiger partial charge in [-0.25, -0.2) is 4.79 Å². The lowest BCUT2D eigenvalue weighted by molar-refractivity contribution is -0.119. The lowest BCUT2D eigenvalue weighted by Crippen LogP contribution is -2.28. The molecule has 2 heterocycles. The van der Waals surface area contributed by atoms with Gasteiger partial charge in [0.1, 0.15) is 10.7 Å². The maximum atomic E-state index is 13.0. The summed E-state index contributed by atoms with van der Waals surface area (Å²) in [5.74, 6) is -1.32. The molecule has 0 aliphatic heterocycles. The molecule has 2 aromatic heterocycles. The second-order valence-corrected chi connectivity index (χ2v) is 7.93. The zero-order valence-electron chi connectivity index (χ0n) is 16.8. The van der Waals surface area contributed by atoms with Crippen LogP contribution in [0.1, 0.15) is 15.5 Å². The zero-order valence-corrected chi connectivity index (χ0v) is 17.6. The van der Waals surface area contributed by atoms with Gasteiger partial charge in [-0.1, -0.05) is 59.9 Å². The second kappa shape index (κ2) is 8.49. The number of hydrogen-bond donors (Lipinski definition) is 1. The zero-order chi connectivity index (χ0) is 22.0. The molecule has 1 amide bonds. The number of benzene rings is 2. The van der Waals surface area contributed by atoms with Gasteiger partial charge in [0.15, 0.2) is 6.61 Å². The van der Waals surface area contributed by atoms with E-state index in [0.29, 0.717) is 26.5 Å². The lowest BCUT2D eigenvalue weighted by Gasteiger charge is -2.16. The molecule has 0 bridgehead atoms. The van der Waals surface area contributed by atoms with Gasteiger partial charge < -0.3 is 9.30 Å². The molecule has 9 heteroatoms. The maximum absolute atomic E-state index is 13.0. The third-order valence-corrected chi connectivity index (χ3v) is 5.42. The number of pyridine rings is 1. The first-order chi connectivity index (χ1) is 15.0. The molecule has 1 N–H and O–H groups in total. The van der Waals surface area contributed by atoms with E-state index in [-0.39, 0.29) is 11.3 Å². The summed E-state index contributed by atoms with van der Waals surface area (Å²) < 4.78 is 6.52. The highest BCUT2D eigenvalue weighted by Crippen LogP contribution is 2.30. The lowest BCUT2D eigenvalue weighted by atomic mass is 9.97. The minimum Gasteiger partial charge on any atom is -0.451 e. The number of nitrogens with zero attached hydrogens (tertiary/aromatic N) is 3. The predicted molar refractivity (Wildman–Crippen MR) is 118 cm³/mol. The van der Waals surface area contributed by atoms with Crippen LogP contribution in [-0.4, -0.2) is 33.2 Å². The number of amides is 1. The summed E-state index contributed by atoms with van der Waals surface area (Å²) >= 11 is 1.21. The van der Waals surface area contributed by atoms with E-state index >= 15 is 0 Å². The molecule has 31 heavy (non-hydrogen) atoms. The molecular weight excluding hydrogens is 416 g/mol. The smallest absolute Gasteiger partial charge is 0.356 e. The van der Waals surface area contributed by atoms with E-state index in [1.54, 1.807) is 31.2 Å². The van der Waals surface area contributed by atoms with Gasteiger partial charge in [-0.05, 0) is 23.9 Å². The van der Waals surface area contributed by atoms with Crippen molar-refractivity contribution in [1.82, 2.24) is 14.8 Å². The Morgan fingerprint density at radius 2 is 1.71 bits per heavy atom. The van der Waals surface area contributed by atoms with Crippen LogP contribution in [0.15, 0.2) is 59.4 Å². The molecule has 0 aliphatic rings. The molecule has 0 radical (unpaired) electrons. The SMILES string of the molecule is Cc1nnc(NC(=O)COC(=O)c2c(-c3ccccc3)c3ccccc3c(=O)n2C)s1. The molecule has 0 atom stereocenters. The van der Waals surface area contributed by atoms with Crippen LogP contribution in [0.2, 0.25) is 0 Å². The number of aromatic nitrogens is 3. The van der Waals surface area contributed by atoms with Crippen LogP contribution in [0.3, 0.4) is 0 Å². The third kappa shape index (κ3) is 4.08. The Morgan fingerprint density at radius 1 is 1.03 bits per heavy atom. The average Bonchev–Trinajstić information content (AvgIpc) is 3.19. The predicted octanol–water partition coefficient (Wildman–Crippen LogP) is 3.16. The van der Waals surface area contributed by atoms with E-state index in [2.05, 4.69) is 15.5 Å². The number of fused-ring (bicyclic) bond motifs is 1. The summed E-state index contributed by atoms with van der Waals surface area (Å²) in [4.78, 5) is 38.1. The Kier molecular flexibility index (Phi) is 5.59.